The zero-order chi connectivity index (χ0) is 17.3. The lowest BCUT2D eigenvalue weighted by Gasteiger charge is -2.21. The molecule has 0 aromatic heterocycles. The summed E-state index contributed by atoms with van der Waals surface area (Å²) in [4.78, 5) is 6.80. The van der Waals surface area contributed by atoms with Crippen molar-refractivity contribution in [3.05, 3.63) is 0 Å². The molecule has 1 aliphatic rings. The fourth-order valence-corrected chi connectivity index (χ4v) is 3.64. The molecule has 0 aromatic rings. The molecule has 0 radical (unpaired) electrons. The number of rotatable bonds is 17. The van der Waals surface area contributed by atoms with Crippen molar-refractivity contribution in [1.29, 1.82) is 0 Å². The van der Waals surface area contributed by atoms with E-state index in [1.54, 1.807) is 0 Å². The third-order valence-electron chi connectivity index (χ3n) is 5.22. The molecule has 1 aliphatic heterocycles. The van der Waals surface area contributed by atoms with Crippen molar-refractivity contribution in [3.63, 3.8) is 0 Å². The molecule has 0 aliphatic carbocycles. The van der Waals surface area contributed by atoms with E-state index in [0.29, 0.717) is 6.17 Å². The van der Waals surface area contributed by atoms with Crippen LogP contribution in [0.5, 0.6) is 0 Å². The maximum absolute atomic E-state index is 9.04. The van der Waals surface area contributed by atoms with Crippen LogP contribution < -0.4 is 0 Å². The average molecular weight is 339 g/mol. The van der Waals surface area contributed by atoms with Gasteiger partial charge in [0.05, 0.1) is 6.61 Å². The molecule has 0 spiro atoms. The molecule has 1 atom stereocenters. The number of aliphatic imine (C=N–C) groups is 1. The summed E-state index contributed by atoms with van der Waals surface area (Å²) < 4.78 is 0. The third kappa shape index (κ3) is 11.2. The molecule has 142 valence electrons. The second-order valence-corrected chi connectivity index (χ2v) is 7.42. The molecule has 0 fully saturated rings. The number of aliphatic hydroxyl groups excluding tert-OH is 1. The maximum Gasteiger partial charge on any atom is 0.102 e. The van der Waals surface area contributed by atoms with Crippen molar-refractivity contribution < 1.29 is 5.11 Å². The SMILES string of the molecule is CCCCCCCCCCCCCCCCC1N=CCN1CCO. The minimum Gasteiger partial charge on any atom is -0.395 e. The lowest BCUT2D eigenvalue weighted by Crippen LogP contribution is -2.32. The Hall–Kier alpha value is -0.410. The average Bonchev–Trinajstić information content (AvgIpc) is 3.03. The van der Waals surface area contributed by atoms with E-state index in [2.05, 4.69) is 16.8 Å². The Bertz CT molecular complexity index is 294. The second-order valence-electron chi connectivity index (χ2n) is 7.42. The van der Waals surface area contributed by atoms with Gasteiger partial charge in [-0.15, -0.1) is 0 Å². The van der Waals surface area contributed by atoms with E-state index in [1.165, 1.54) is 89.9 Å². The fourth-order valence-electron chi connectivity index (χ4n) is 3.64. The molecule has 1 N–H and O–H groups in total. The fraction of sp³-hybridized carbons (Fsp3) is 0.952. The molecule has 1 heterocycles. The normalized spacial score (nSPS) is 17.8. The van der Waals surface area contributed by atoms with Gasteiger partial charge in [-0.25, -0.2) is 0 Å². The number of nitrogens with zero attached hydrogens (tertiary/aromatic N) is 2. The van der Waals surface area contributed by atoms with E-state index >= 15 is 0 Å². The summed E-state index contributed by atoms with van der Waals surface area (Å²) in [6.07, 6.45) is 23.3. The van der Waals surface area contributed by atoms with Gasteiger partial charge >= 0.3 is 0 Å². The predicted octanol–water partition coefficient (Wildman–Crippen LogP) is 5.56. The van der Waals surface area contributed by atoms with E-state index in [1.807, 2.05) is 6.21 Å². The van der Waals surface area contributed by atoms with E-state index < -0.39 is 0 Å². The molecule has 0 saturated heterocycles. The van der Waals surface area contributed by atoms with Gasteiger partial charge in [0.2, 0.25) is 0 Å². The number of hydrogen-bond donors (Lipinski definition) is 1. The maximum atomic E-state index is 9.04. The van der Waals surface area contributed by atoms with Crippen LogP contribution in [0, 0.1) is 0 Å². The molecular formula is C21H42N2O. The van der Waals surface area contributed by atoms with E-state index in [0.717, 1.165) is 19.5 Å². The van der Waals surface area contributed by atoms with Crippen LogP contribution in [0.25, 0.3) is 0 Å². The highest BCUT2D eigenvalue weighted by atomic mass is 16.3. The minimum absolute atomic E-state index is 0.249. The van der Waals surface area contributed by atoms with Gasteiger partial charge in [0.1, 0.15) is 6.17 Å². The van der Waals surface area contributed by atoms with Gasteiger partial charge in [-0.1, -0.05) is 90.4 Å². The predicted molar refractivity (Wildman–Crippen MR) is 106 cm³/mol. The Balaban J connectivity index is 1.77. The summed E-state index contributed by atoms with van der Waals surface area (Å²) in [5, 5.41) is 9.04. The molecular weight excluding hydrogens is 296 g/mol. The van der Waals surface area contributed by atoms with Gasteiger partial charge in [0, 0.05) is 19.3 Å². The first kappa shape index (κ1) is 21.6. The highest BCUT2D eigenvalue weighted by molar-refractivity contribution is 5.62. The molecule has 24 heavy (non-hydrogen) atoms. The number of β-amino-alcohol motifs (C(OH)–C–C–N with tert-alkyl or cyclic N) is 1. The third-order valence-corrected chi connectivity index (χ3v) is 5.22. The Morgan fingerprint density at radius 3 is 1.83 bits per heavy atom. The minimum atomic E-state index is 0.249. The van der Waals surface area contributed by atoms with Crippen LogP contribution in [0.4, 0.5) is 0 Å². The van der Waals surface area contributed by atoms with Crippen molar-refractivity contribution in [3.8, 4) is 0 Å². The first-order chi connectivity index (χ1) is 11.9. The lowest BCUT2D eigenvalue weighted by molar-refractivity contribution is 0.176. The monoisotopic (exact) mass is 338 g/mol. The van der Waals surface area contributed by atoms with Crippen LogP contribution >= 0.6 is 0 Å². The molecule has 0 bridgehead atoms. The Kier molecular flexibility index (Phi) is 14.5. The summed E-state index contributed by atoms with van der Waals surface area (Å²) in [5.74, 6) is 0. The van der Waals surface area contributed by atoms with Crippen LogP contribution in [-0.2, 0) is 0 Å². The molecule has 0 amide bonds. The standard InChI is InChI=1S/C21H42N2O/c1-2-3-4-5-6-7-8-9-10-11-12-13-14-15-16-21-22-17-18-23(21)19-20-24/h17,21,24H,2-16,18-20H2,1H3. The number of unbranched alkanes of at least 4 members (excludes halogenated alkanes) is 13. The molecule has 0 aromatic carbocycles. The molecule has 1 rings (SSSR count). The summed E-state index contributed by atoms with van der Waals surface area (Å²) >= 11 is 0. The van der Waals surface area contributed by atoms with Gasteiger partial charge in [0.15, 0.2) is 0 Å². The zero-order valence-electron chi connectivity index (χ0n) is 16.2. The topological polar surface area (TPSA) is 35.8 Å². The van der Waals surface area contributed by atoms with Gasteiger partial charge in [-0.05, 0) is 12.8 Å². The summed E-state index contributed by atoms with van der Waals surface area (Å²) in [7, 11) is 0. The van der Waals surface area contributed by atoms with Crippen molar-refractivity contribution >= 4 is 6.21 Å². The van der Waals surface area contributed by atoms with E-state index in [4.69, 9.17) is 5.11 Å². The number of aliphatic hydroxyl groups is 1. The van der Waals surface area contributed by atoms with Crippen LogP contribution in [0.2, 0.25) is 0 Å². The van der Waals surface area contributed by atoms with Gasteiger partial charge in [0.25, 0.3) is 0 Å². The van der Waals surface area contributed by atoms with Crippen LogP contribution in [0.15, 0.2) is 4.99 Å². The Morgan fingerprint density at radius 1 is 0.833 bits per heavy atom. The Labute approximate surface area is 150 Å². The second kappa shape index (κ2) is 16.1. The van der Waals surface area contributed by atoms with Crippen molar-refractivity contribution in [2.45, 2.75) is 109 Å². The smallest absolute Gasteiger partial charge is 0.102 e. The quantitative estimate of drug-likeness (QED) is 0.352. The summed E-state index contributed by atoms with van der Waals surface area (Å²) in [6.45, 7) is 4.22. The van der Waals surface area contributed by atoms with Crippen molar-refractivity contribution in [2.24, 2.45) is 4.99 Å². The van der Waals surface area contributed by atoms with Gasteiger partial charge in [-0.3, -0.25) is 9.89 Å². The highest BCUT2D eigenvalue weighted by Crippen LogP contribution is 2.16. The largest absolute Gasteiger partial charge is 0.395 e. The van der Waals surface area contributed by atoms with Crippen LogP contribution in [0.1, 0.15) is 103 Å². The molecule has 3 heteroatoms. The van der Waals surface area contributed by atoms with Crippen LogP contribution in [0.3, 0.4) is 0 Å². The number of hydrogen-bond acceptors (Lipinski definition) is 3. The Morgan fingerprint density at radius 2 is 1.33 bits per heavy atom. The lowest BCUT2D eigenvalue weighted by atomic mass is 10.0. The van der Waals surface area contributed by atoms with E-state index in [9.17, 15) is 0 Å². The van der Waals surface area contributed by atoms with Crippen molar-refractivity contribution in [2.75, 3.05) is 19.7 Å². The van der Waals surface area contributed by atoms with Crippen molar-refractivity contribution in [1.82, 2.24) is 4.90 Å². The first-order valence-corrected chi connectivity index (χ1v) is 10.7. The zero-order valence-corrected chi connectivity index (χ0v) is 16.2. The van der Waals surface area contributed by atoms with Gasteiger partial charge in [-0.2, -0.15) is 0 Å². The van der Waals surface area contributed by atoms with Gasteiger partial charge < -0.3 is 5.11 Å². The first-order valence-electron chi connectivity index (χ1n) is 10.7. The van der Waals surface area contributed by atoms with Crippen LogP contribution in [-0.4, -0.2) is 42.1 Å². The summed E-state index contributed by atoms with van der Waals surface area (Å²) in [6, 6.07) is 0. The summed E-state index contributed by atoms with van der Waals surface area (Å²) in [5.41, 5.74) is 0. The molecule has 3 nitrogen and oxygen atoms in total. The molecule has 0 saturated carbocycles. The molecule has 1 unspecified atom stereocenters. The van der Waals surface area contributed by atoms with E-state index in [-0.39, 0.29) is 6.61 Å². The highest BCUT2D eigenvalue weighted by Gasteiger charge is 2.19.